The Morgan fingerprint density at radius 2 is 1.88 bits per heavy atom. The highest BCUT2D eigenvalue weighted by molar-refractivity contribution is 6.30. The van der Waals surface area contributed by atoms with Crippen molar-refractivity contribution in [3.05, 3.63) is 40.9 Å². The molecule has 0 aromatic heterocycles. The lowest BCUT2D eigenvalue weighted by Gasteiger charge is -2.34. The first kappa shape index (κ1) is 16.5. The van der Waals surface area contributed by atoms with Crippen LogP contribution in [0.1, 0.15) is 31.2 Å². The zero-order valence-corrected chi connectivity index (χ0v) is 13.7. The Hall–Kier alpha value is -2.34. The van der Waals surface area contributed by atoms with Crippen LogP contribution in [0.25, 0.3) is 6.08 Å². The highest BCUT2D eigenvalue weighted by Crippen LogP contribution is 2.30. The lowest BCUT2D eigenvalue weighted by atomic mass is 9.79. The zero-order valence-electron chi connectivity index (χ0n) is 13.0. The number of imide groups is 1. The molecule has 2 fully saturated rings. The minimum absolute atomic E-state index is 0.00305. The number of benzene rings is 1. The predicted molar refractivity (Wildman–Crippen MR) is 90.3 cm³/mol. The van der Waals surface area contributed by atoms with Gasteiger partial charge < -0.3 is 10.6 Å². The number of carbonyl (C=O) groups excluding carboxylic acids is 3. The van der Waals surface area contributed by atoms with Gasteiger partial charge in [-0.2, -0.15) is 0 Å². The van der Waals surface area contributed by atoms with Gasteiger partial charge in [0.05, 0.1) is 0 Å². The number of urea groups is 1. The van der Waals surface area contributed by atoms with Crippen LogP contribution in [0.5, 0.6) is 0 Å². The SMILES string of the molecule is O=C(C=Cc1ccc(Cl)cc1)NC1CCC2(CC1)NC(=O)NC2=O. The van der Waals surface area contributed by atoms with Gasteiger partial charge in [-0.05, 0) is 49.5 Å². The van der Waals surface area contributed by atoms with Crippen LogP contribution in [0.2, 0.25) is 5.02 Å². The van der Waals surface area contributed by atoms with Crippen LogP contribution in [0.4, 0.5) is 4.79 Å². The van der Waals surface area contributed by atoms with E-state index in [4.69, 9.17) is 11.6 Å². The fraction of sp³-hybridized carbons (Fsp3) is 0.353. The van der Waals surface area contributed by atoms with E-state index in [0.29, 0.717) is 30.7 Å². The fourth-order valence-corrected chi connectivity index (χ4v) is 3.26. The number of rotatable bonds is 3. The molecule has 0 bridgehead atoms. The van der Waals surface area contributed by atoms with Crippen molar-refractivity contribution in [1.82, 2.24) is 16.0 Å². The third-order valence-electron chi connectivity index (χ3n) is 4.50. The third kappa shape index (κ3) is 3.59. The Morgan fingerprint density at radius 3 is 2.46 bits per heavy atom. The van der Waals surface area contributed by atoms with Crippen LogP contribution in [0.3, 0.4) is 0 Å². The number of carbonyl (C=O) groups is 3. The molecule has 6 nitrogen and oxygen atoms in total. The van der Waals surface area contributed by atoms with Crippen molar-refractivity contribution in [2.75, 3.05) is 0 Å². The highest BCUT2D eigenvalue weighted by atomic mass is 35.5. The number of hydrogen-bond acceptors (Lipinski definition) is 3. The van der Waals surface area contributed by atoms with E-state index in [2.05, 4.69) is 16.0 Å². The lowest BCUT2D eigenvalue weighted by Crippen LogP contribution is -2.52. The van der Waals surface area contributed by atoms with Crippen molar-refractivity contribution < 1.29 is 14.4 Å². The van der Waals surface area contributed by atoms with Crippen LogP contribution in [-0.2, 0) is 9.59 Å². The monoisotopic (exact) mass is 347 g/mol. The summed E-state index contributed by atoms with van der Waals surface area (Å²) in [4.78, 5) is 35.2. The summed E-state index contributed by atoms with van der Waals surface area (Å²) in [6.45, 7) is 0. The van der Waals surface area contributed by atoms with E-state index in [0.717, 1.165) is 5.56 Å². The van der Waals surface area contributed by atoms with Crippen LogP contribution in [-0.4, -0.2) is 29.4 Å². The smallest absolute Gasteiger partial charge is 0.322 e. The number of halogens is 1. The maximum absolute atomic E-state index is 12.0. The second-order valence-corrected chi connectivity index (χ2v) is 6.59. The van der Waals surface area contributed by atoms with Gasteiger partial charge >= 0.3 is 6.03 Å². The maximum atomic E-state index is 12.0. The molecule has 0 radical (unpaired) electrons. The van der Waals surface area contributed by atoms with Crippen molar-refractivity contribution in [2.45, 2.75) is 37.3 Å². The van der Waals surface area contributed by atoms with E-state index >= 15 is 0 Å². The molecular formula is C17H18ClN3O3. The summed E-state index contributed by atoms with van der Waals surface area (Å²) in [5, 5.41) is 8.57. The van der Waals surface area contributed by atoms with Crippen molar-refractivity contribution in [2.24, 2.45) is 0 Å². The summed E-state index contributed by atoms with van der Waals surface area (Å²) in [6, 6.07) is 6.76. The minimum Gasteiger partial charge on any atom is -0.350 e. The molecule has 7 heteroatoms. The van der Waals surface area contributed by atoms with Crippen LogP contribution in [0.15, 0.2) is 30.3 Å². The van der Waals surface area contributed by atoms with E-state index in [1.54, 1.807) is 18.2 Å². The second kappa shape index (κ2) is 6.65. The highest BCUT2D eigenvalue weighted by Gasteiger charge is 2.48. The first-order chi connectivity index (χ1) is 11.5. The Labute approximate surface area is 144 Å². The molecule has 3 rings (SSSR count). The number of hydrogen-bond donors (Lipinski definition) is 3. The summed E-state index contributed by atoms with van der Waals surface area (Å²) >= 11 is 5.82. The average Bonchev–Trinajstić information content (AvgIpc) is 2.83. The standard InChI is InChI=1S/C17H18ClN3O3/c18-12-4-1-11(2-5-12)3-6-14(22)19-13-7-9-17(10-8-13)15(23)20-16(24)21-17/h1-6,13H,7-10H2,(H,19,22)(H2,20,21,23,24). The molecule has 2 aliphatic rings. The van der Waals surface area contributed by atoms with Gasteiger partial charge in [-0.15, -0.1) is 0 Å². The normalized spacial score (nSPS) is 26.5. The largest absolute Gasteiger partial charge is 0.350 e. The molecule has 24 heavy (non-hydrogen) atoms. The topological polar surface area (TPSA) is 87.3 Å². The summed E-state index contributed by atoms with van der Waals surface area (Å²) in [6.07, 6.45) is 5.55. The molecule has 1 aromatic rings. The summed E-state index contributed by atoms with van der Waals surface area (Å²) in [5.41, 5.74) is 0.0970. The first-order valence-electron chi connectivity index (χ1n) is 7.85. The third-order valence-corrected chi connectivity index (χ3v) is 4.75. The van der Waals surface area contributed by atoms with E-state index in [-0.39, 0.29) is 17.9 Å². The van der Waals surface area contributed by atoms with Crippen molar-refractivity contribution in [3.8, 4) is 0 Å². The van der Waals surface area contributed by atoms with Gasteiger partial charge in [-0.3, -0.25) is 14.9 Å². The fourth-order valence-electron chi connectivity index (χ4n) is 3.13. The summed E-state index contributed by atoms with van der Waals surface area (Å²) < 4.78 is 0. The zero-order chi connectivity index (χ0) is 17.2. The summed E-state index contributed by atoms with van der Waals surface area (Å²) in [7, 11) is 0. The molecule has 1 aliphatic carbocycles. The van der Waals surface area contributed by atoms with Crippen molar-refractivity contribution >= 4 is 35.5 Å². The van der Waals surface area contributed by atoms with Gasteiger partial charge in [0.15, 0.2) is 0 Å². The number of amides is 4. The van der Waals surface area contributed by atoms with E-state index in [9.17, 15) is 14.4 Å². The summed E-state index contributed by atoms with van der Waals surface area (Å²) in [5.74, 6) is -0.439. The van der Waals surface area contributed by atoms with Gasteiger partial charge in [0.2, 0.25) is 5.91 Å². The Bertz CT molecular complexity index is 692. The molecule has 1 saturated carbocycles. The molecule has 1 spiro atoms. The van der Waals surface area contributed by atoms with E-state index < -0.39 is 11.6 Å². The molecular weight excluding hydrogens is 330 g/mol. The van der Waals surface area contributed by atoms with Crippen LogP contribution >= 0.6 is 11.6 Å². The van der Waals surface area contributed by atoms with Gasteiger partial charge in [0, 0.05) is 17.1 Å². The van der Waals surface area contributed by atoms with E-state index in [1.165, 1.54) is 6.08 Å². The molecule has 1 aromatic carbocycles. The van der Waals surface area contributed by atoms with Crippen molar-refractivity contribution in [1.29, 1.82) is 0 Å². The van der Waals surface area contributed by atoms with Gasteiger partial charge in [-0.1, -0.05) is 23.7 Å². The predicted octanol–water partition coefficient (Wildman–Crippen LogP) is 1.99. The first-order valence-corrected chi connectivity index (χ1v) is 8.22. The molecule has 3 N–H and O–H groups in total. The lowest BCUT2D eigenvalue weighted by molar-refractivity contribution is -0.125. The van der Waals surface area contributed by atoms with Gasteiger partial charge in [0.25, 0.3) is 5.91 Å². The Morgan fingerprint density at radius 1 is 1.21 bits per heavy atom. The molecule has 1 aliphatic heterocycles. The van der Waals surface area contributed by atoms with E-state index in [1.807, 2.05) is 12.1 Å². The Kier molecular flexibility index (Phi) is 4.57. The van der Waals surface area contributed by atoms with Gasteiger partial charge in [0.1, 0.15) is 5.54 Å². The number of nitrogens with one attached hydrogen (secondary N) is 3. The molecule has 1 saturated heterocycles. The van der Waals surface area contributed by atoms with Crippen LogP contribution in [0, 0.1) is 0 Å². The molecule has 0 unspecified atom stereocenters. The van der Waals surface area contributed by atoms with Crippen molar-refractivity contribution in [3.63, 3.8) is 0 Å². The maximum Gasteiger partial charge on any atom is 0.322 e. The molecule has 4 amide bonds. The second-order valence-electron chi connectivity index (χ2n) is 6.16. The molecule has 1 heterocycles. The molecule has 0 atom stereocenters. The molecule has 126 valence electrons. The Balaban J connectivity index is 1.51. The average molecular weight is 348 g/mol. The van der Waals surface area contributed by atoms with Crippen LogP contribution < -0.4 is 16.0 Å². The minimum atomic E-state index is -0.794. The van der Waals surface area contributed by atoms with Gasteiger partial charge in [-0.25, -0.2) is 4.79 Å². The quantitative estimate of drug-likeness (QED) is 0.577.